The first-order valence-electron chi connectivity index (χ1n) is 7.79. The van der Waals surface area contributed by atoms with Crippen LogP contribution >= 0.6 is 0 Å². The summed E-state index contributed by atoms with van der Waals surface area (Å²) in [6, 6.07) is 5.31. The summed E-state index contributed by atoms with van der Waals surface area (Å²) >= 11 is 0. The topological polar surface area (TPSA) is 47.3 Å². The van der Waals surface area contributed by atoms with Crippen molar-refractivity contribution in [2.45, 2.75) is 25.4 Å². The molecule has 130 valence electrons. The van der Waals surface area contributed by atoms with Crippen LogP contribution in [-0.2, 0) is 11.0 Å². The monoisotopic (exact) mass is 339 g/mol. The van der Waals surface area contributed by atoms with Crippen molar-refractivity contribution in [3.63, 3.8) is 0 Å². The van der Waals surface area contributed by atoms with Crippen LogP contribution in [0.4, 0.5) is 18.9 Å². The predicted octanol–water partition coefficient (Wildman–Crippen LogP) is 3.27. The van der Waals surface area contributed by atoms with E-state index in [0.717, 1.165) is 18.9 Å². The number of halogens is 3. The summed E-state index contributed by atoms with van der Waals surface area (Å²) in [4.78, 5) is 15.3. The summed E-state index contributed by atoms with van der Waals surface area (Å²) in [5.74, 6) is 0.385. The van der Waals surface area contributed by atoms with Gasteiger partial charge in [0.2, 0.25) is 5.91 Å². The number of hydrogen-bond donors (Lipinski definition) is 0. The van der Waals surface area contributed by atoms with E-state index >= 15 is 0 Å². The maximum atomic E-state index is 12.8. The molecule has 1 saturated heterocycles. The van der Waals surface area contributed by atoms with E-state index in [9.17, 15) is 18.0 Å². The molecular weight excluding hydrogens is 319 g/mol. The Hall–Kier alpha value is -2.23. The highest BCUT2D eigenvalue weighted by atomic mass is 19.4. The van der Waals surface area contributed by atoms with E-state index < -0.39 is 11.7 Å². The van der Waals surface area contributed by atoms with Gasteiger partial charge in [0.1, 0.15) is 0 Å². The number of carbonyl (C=O) groups excluding carboxylic acids is 1. The van der Waals surface area contributed by atoms with Gasteiger partial charge < -0.3 is 9.80 Å². The van der Waals surface area contributed by atoms with Crippen molar-refractivity contribution in [3.8, 4) is 6.07 Å². The van der Waals surface area contributed by atoms with Gasteiger partial charge in [-0.15, -0.1) is 0 Å². The highest BCUT2D eigenvalue weighted by molar-refractivity contribution is 5.75. The lowest BCUT2D eigenvalue weighted by Gasteiger charge is -2.34. The number of rotatable bonds is 3. The van der Waals surface area contributed by atoms with E-state index in [0.29, 0.717) is 31.1 Å². The van der Waals surface area contributed by atoms with Crippen LogP contribution in [0, 0.1) is 17.2 Å². The molecule has 0 unspecified atom stereocenters. The number of hydrogen-bond acceptors (Lipinski definition) is 3. The lowest BCUT2D eigenvalue weighted by Crippen LogP contribution is -2.35. The van der Waals surface area contributed by atoms with Gasteiger partial charge in [-0.25, -0.2) is 0 Å². The second-order valence-electron chi connectivity index (χ2n) is 6.26. The first-order chi connectivity index (χ1) is 11.2. The van der Waals surface area contributed by atoms with Gasteiger partial charge in [-0.3, -0.25) is 4.79 Å². The number of nitrogens with zero attached hydrogens (tertiary/aromatic N) is 3. The zero-order valence-corrected chi connectivity index (χ0v) is 13.7. The molecule has 1 fully saturated rings. The summed E-state index contributed by atoms with van der Waals surface area (Å²) in [6.07, 6.45) is -2.41. The van der Waals surface area contributed by atoms with Crippen LogP contribution in [0.25, 0.3) is 0 Å². The molecule has 7 heteroatoms. The SMILES string of the molecule is CN(C)C(=O)CC1CCN(c2ccc(C(F)(F)F)c(C#N)c2)CC1. The summed E-state index contributed by atoms with van der Waals surface area (Å²) in [7, 11) is 3.45. The minimum atomic E-state index is -4.52. The molecule has 0 aromatic heterocycles. The maximum absolute atomic E-state index is 12.8. The fraction of sp³-hybridized carbons (Fsp3) is 0.529. The van der Waals surface area contributed by atoms with Gasteiger partial charge >= 0.3 is 6.18 Å². The molecular formula is C17H20F3N3O. The Morgan fingerprint density at radius 1 is 1.33 bits per heavy atom. The third-order valence-corrected chi connectivity index (χ3v) is 4.37. The number of carbonyl (C=O) groups is 1. The molecule has 0 aliphatic carbocycles. The van der Waals surface area contributed by atoms with E-state index in [1.165, 1.54) is 12.1 Å². The van der Waals surface area contributed by atoms with Crippen LogP contribution in [0.1, 0.15) is 30.4 Å². The lowest BCUT2D eigenvalue weighted by atomic mass is 9.92. The Balaban J connectivity index is 2.05. The van der Waals surface area contributed by atoms with E-state index in [1.807, 2.05) is 4.90 Å². The summed E-state index contributed by atoms with van der Waals surface area (Å²) in [6.45, 7) is 1.34. The first kappa shape index (κ1) is 18.1. The first-order valence-corrected chi connectivity index (χ1v) is 7.79. The number of benzene rings is 1. The minimum absolute atomic E-state index is 0.0924. The molecule has 0 atom stereocenters. The highest BCUT2D eigenvalue weighted by Crippen LogP contribution is 2.34. The van der Waals surface area contributed by atoms with Gasteiger partial charge in [0, 0.05) is 39.3 Å². The largest absolute Gasteiger partial charge is 0.417 e. The molecule has 1 aliphatic heterocycles. The molecule has 0 saturated carbocycles. The molecule has 2 rings (SSSR count). The van der Waals surface area contributed by atoms with Crippen LogP contribution < -0.4 is 4.90 Å². The standard InChI is InChI=1S/C17H20F3N3O/c1-22(2)16(24)9-12-5-7-23(8-6-12)14-3-4-15(17(18,19)20)13(10-14)11-21/h3-4,10,12H,5-9H2,1-2H3. The Bertz CT molecular complexity index is 641. The number of alkyl halides is 3. The van der Waals surface area contributed by atoms with Crippen LogP contribution in [0.5, 0.6) is 0 Å². The van der Waals surface area contributed by atoms with Crippen LogP contribution in [0.3, 0.4) is 0 Å². The molecule has 24 heavy (non-hydrogen) atoms. The van der Waals surface area contributed by atoms with Gasteiger partial charge in [0.15, 0.2) is 0 Å². The zero-order valence-electron chi connectivity index (χ0n) is 13.7. The number of piperidine rings is 1. The second kappa shape index (κ2) is 7.12. The van der Waals surface area contributed by atoms with Gasteiger partial charge in [-0.05, 0) is 37.0 Å². The fourth-order valence-corrected chi connectivity index (χ4v) is 2.89. The van der Waals surface area contributed by atoms with Crippen LogP contribution in [-0.4, -0.2) is 38.0 Å². The zero-order chi connectivity index (χ0) is 17.9. The van der Waals surface area contributed by atoms with Crippen molar-refractivity contribution in [3.05, 3.63) is 29.3 Å². The van der Waals surface area contributed by atoms with E-state index in [4.69, 9.17) is 5.26 Å². The molecule has 4 nitrogen and oxygen atoms in total. The molecule has 0 spiro atoms. The maximum Gasteiger partial charge on any atom is 0.417 e. The summed E-state index contributed by atoms with van der Waals surface area (Å²) < 4.78 is 38.5. The van der Waals surface area contributed by atoms with Crippen LogP contribution in [0.2, 0.25) is 0 Å². The van der Waals surface area contributed by atoms with Crippen LogP contribution in [0.15, 0.2) is 18.2 Å². The fourth-order valence-electron chi connectivity index (χ4n) is 2.89. The smallest absolute Gasteiger partial charge is 0.371 e. The van der Waals surface area contributed by atoms with Crippen molar-refractivity contribution in [2.24, 2.45) is 5.92 Å². The van der Waals surface area contributed by atoms with Gasteiger partial charge in [-0.1, -0.05) is 0 Å². The van der Waals surface area contributed by atoms with E-state index in [1.54, 1.807) is 25.1 Å². The van der Waals surface area contributed by atoms with Gasteiger partial charge in [0.25, 0.3) is 0 Å². The summed E-state index contributed by atoms with van der Waals surface area (Å²) in [5.41, 5.74) is -0.637. The van der Waals surface area contributed by atoms with E-state index in [-0.39, 0.29) is 11.5 Å². The minimum Gasteiger partial charge on any atom is -0.371 e. The third kappa shape index (κ3) is 4.19. The quantitative estimate of drug-likeness (QED) is 0.849. The second-order valence-corrected chi connectivity index (χ2v) is 6.26. The Morgan fingerprint density at radius 2 is 1.96 bits per heavy atom. The summed E-state index contributed by atoms with van der Waals surface area (Å²) in [5, 5.41) is 8.99. The third-order valence-electron chi connectivity index (χ3n) is 4.37. The van der Waals surface area contributed by atoms with Gasteiger partial charge in [-0.2, -0.15) is 18.4 Å². The molecule has 0 bridgehead atoms. The average molecular weight is 339 g/mol. The van der Waals surface area contributed by atoms with Crippen molar-refractivity contribution in [1.82, 2.24) is 4.90 Å². The van der Waals surface area contributed by atoms with Crippen molar-refractivity contribution in [1.29, 1.82) is 5.26 Å². The number of anilines is 1. The van der Waals surface area contributed by atoms with Crippen molar-refractivity contribution < 1.29 is 18.0 Å². The molecule has 1 amide bonds. The molecule has 1 heterocycles. The molecule has 0 N–H and O–H groups in total. The van der Waals surface area contributed by atoms with E-state index in [2.05, 4.69) is 0 Å². The lowest BCUT2D eigenvalue weighted by molar-refractivity contribution is -0.137. The molecule has 1 aromatic rings. The Labute approximate surface area is 139 Å². The van der Waals surface area contributed by atoms with Gasteiger partial charge in [0.05, 0.1) is 17.2 Å². The number of amides is 1. The molecule has 0 radical (unpaired) electrons. The molecule has 1 aromatic carbocycles. The van der Waals surface area contributed by atoms with Crippen molar-refractivity contribution in [2.75, 3.05) is 32.1 Å². The molecule has 1 aliphatic rings. The Kier molecular flexibility index (Phi) is 5.37. The highest BCUT2D eigenvalue weighted by Gasteiger charge is 2.34. The average Bonchev–Trinajstić information content (AvgIpc) is 2.54. The van der Waals surface area contributed by atoms with Crippen molar-refractivity contribution >= 4 is 11.6 Å². The normalized spacial score (nSPS) is 15.9. The number of nitriles is 1. The Morgan fingerprint density at radius 3 is 2.46 bits per heavy atom. The predicted molar refractivity (Wildman–Crippen MR) is 84.4 cm³/mol.